The average Bonchev–Trinajstić information content (AvgIpc) is 3.05. The highest BCUT2D eigenvalue weighted by Crippen LogP contribution is 2.30. The second kappa shape index (κ2) is 16.0. The van der Waals surface area contributed by atoms with Crippen molar-refractivity contribution in [2.75, 3.05) is 38.1 Å². The Hall–Kier alpha value is -5.83. The second-order valence-corrected chi connectivity index (χ2v) is 9.30. The highest BCUT2D eigenvalue weighted by Gasteiger charge is 2.10. The van der Waals surface area contributed by atoms with Crippen LogP contribution in [0.2, 0.25) is 0 Å². The Bertz CT molecular complexity index is 1510. The maximum absolute atomic E-state index is 12.5. The molecule has 0 aliphatic heterocycles. The molecule has 0 unspecified atom stereocenters. The molecule has 4 aromatic rings. The van der Waals surface area contributed by atoms with Crippen molar-refractivity contribution in [3.63, 3.8) is 0 Å². The SMILES string of the molecule is COc1cc(/C=C/C(=O)/C=C/c2ccc(OCC(=O)Nc3ccccc3)c(OC)c2)ccc1OCC(=O)Nc1ccccc1. The number of ketones is 1. The molecule has 9 heteroatoms. The van der Waals surface area contributed by atoms with Gasteiger partial charge in [-0.15, -0.1) is 0 Å². The number of nitrogens with one attached hydrogen (secondary N) is 2. The minimum Gasteiger partial charge on any atom is -0.493 e. The first kappa shape index (κ1) is 31.1. The van der Waals surface area contributed by atoms with Gasteiger partial charge in [0.25, 0.3) is 11.8 Å². The van der Waals surface area contributed by atoms with Gasteiger partial charge in [-0.2, -0.15) is 0 Å². The number of carbonyl (C=O) groups excluding carboxylic acids is 3. The molecule has 224 valence electrons. The molecule has 0 bridgehead atoms. The average molecular weight is 593 g/mol. The Balaban J connectivity index is 1.29. The van der Waals surface area contributed by atoms with Crippen LogP contribution in [0, 0.1) is 0 Å². The summed E-state index contributed by atoms with van der Waals surface area (Å²) in [4.78, 5) is 36.9. The first-order chi connectivity index (χ1) is 21.4. The molecule has 0 radical (unpaired) electrons. The van der Waals surface area contributed by atoms with Gasteiger partial charge in [-0.05, 0) is 71.8 Å². The minimum atomic E-state index is -0.300. The van der Waals surface area contributed by atoms with Crippen LogP contribution in [0.3, 0.4) is 0 Å². The van der Waals surface area contributed by atoms with E-state index in [-0.39, 0.29) is 30.8 Å². The summed E-state index contributed by atoms with van der Waals surface area (Å²) in [6.45, 7) is -0.379. The van der Waals surface area contributed by atoms with Gasteiger partial charge in [0.1, 0.15) is 0 Å². The lowest BCUT2D eigenvalue weighted by Crippen LogP contribution is -2.20. The molecule has 4 rings (SSSR count). The van der Waals surface area contributed by atoms with Crippen LogP contribution >= 0.6 is 0 Å². The van der Waals surface area contributed by atoms with Crippen molar-refractivity contribution in [2.45, 2.75) is 0 Å². The quantitative estimate of drug-likeness (QED) is 0.172. The number of rotatable bonds is 14. The number of para-hydroxylation sites is 2. The van der Waals surface area contributed by atoms with Gasteiger partial charge in [-0.25, -0.2) is 0 Å². The van der Waals surface area contributed by atoms with E-state index < -0.39 is 0 Å². The number of hydrogen-bond acceptors (Lipinski definition) is 7. The topological polar surface area (TPSA) is 112 Å². The van der Waals surface area contributed by atoms with E-state index in [0.717, 1.165) is 0 Å². The van der Waals surface area contributed by atoms with E-state index in [1.165, 1.54) is 26.4 Å². The van der Waals surface area contributed by atoms with Gasteiger partial charge in [-0.1, -0.05) is 60.7 Å². The maximum Gasteiger partial charge on any atom is 0.262 e. The summed E-state index contributed by atoms with van der Waals surface area (Å²) in [6.07, 6.45) is 6.16. The Morgan fingerprint density at radius 3 is 1.36 bits per heavy atom. The standard InChI is InChI=1S/C35H32N2O7/c1-41-32-21-25(15-19-30(32)43-23-34(39)36-27-9-5-3-6-10-27)13-17-29(38)18-14-26-16-20-31(33(22-26)42-2)44-24-35(40)37-28-11-7-4-8-12-28/h3-22H,23-24H2,1-2H3,(H,36,39)(H,37,40)/b17-13+,18-14+. The summed E-state index contributed by atoms with van der Waals surface area (Å²) in [5.74, 6) is 0.814. The number of carbonyl (C=O) groups is 3. The molecule has 0 saturated carbocycles. The van der Waals surface area contributed by atoms with Crippen LogP contribution in [0.15, 0.2) is 109 Å². The minimum absolute atomic E-state index is 0.189. The summed E-state index contributed by atoms with van der Waals surface area (Å²) in [7, 11) is 3.00. The molecule has 2 N–H and O–H groups in total. The van der Waals surface area contributed by atoms with Crippen LogP contribution in [0.4, 0.5) is 11.4 Å². The Labute approximate surface area is 255 Å². The van der Waals surface area contributed by atoms with E-state index in [0.29, 0.717) is 45.5 Å². The predicted molar refractivity (Wildman–Crippen MR) is 170 cm³/mol. The molecule has 0 aromatic heterocycles. The first-order valence-electron chi connectivity index (χ1n) is 13.6. The van der Waals surface area contributed by atoms with Gasteiger partial charge >= 0.3 is 0 Å². The first-order valence-corrected chi connectivity index (χ1v) is 13.6. The van der Waals surface area contributed by atoms with Crippen LogP contribution in [0.25, 0.3) is 12.2 Å². The summed E-state index contributed by atoms with van der Waals surface area (Å²) >= 11 is 0. The van der Waals surface area contributed by atoms with E-state index >= 15 is 0 Å². The zero-order valence-electron chi connectivity index (χ0n) is 24.3. The number of ether oxygens (including phenoxy) is 4. The summed E-state index contributed by atoms with van der Waals surface area (Å²) in [5, 5.41) is 5.51. The molecule has 9 nitrogen and oxygen atoms in total. The van der Waals surface area contributed by atoms with Gasteiger partial charge in [0.15, 0.2) is 42.0 Å². The molecule has 0 atom stereocenters. The molecule has 44 heavy (non-hydrogen) atoms. The van der Waals surface area contributed by atoms with Gasteiger partial charge < -0.3 is 29.6 Å². The molecular weight excluding hydrogens is 560 g/mol. The largest absolute Gasteiger partial charge is 0.493 e. The van der Waals surface area contributed by atoms with Crippen molar-refractivity contribution in [1.82, 2.24) is 0 Å². The van der Waals surface area contributed by atoms with Crippen LogP contribution in [0.1, 0.15) is 11.1 Å². The molecule has 0 fully saturated rings. The van der Waals surface area contributed by atoms with Crippen molar-refractivity contribution in [3.8, 4) is 23.0 Å². The Morgan fingerprint density at radius 1 is 0.568 bits per heavy atom. The fourth-order valence-corrected chi connectivity index (χ4v) is 3.95. The number of benzene rings is 4. The molecule has 0 saturated heterocycles. The van der Waals surface area contributed by atoms with Crippen molar-refractivity contribution in [2.24, 2.45) is 0 Å². The zero-order valence-corrected chi connectivity index (χ0v) is 24.3. The monoisotopic (exact) mass is 592 g/mol. The lowest BCUT2D eigenvalue weighted by Gasteiger charge is -2.11. The number of allylic oxidation sites excluding steroid dienone is 2. The third-order valence-corrected chi connectivity index (χ3v) is 6.09. The van der Waals surface area contributed by atoms with Gasteiger partial charge in [0.05, 0.1) is 14.2 Å². The molecule has 0 aliphatic carbocycles. The van der Waals surface area contributed by atoms with Crippen LogP contribution in [-0.2, 0) is 14.4 Å². The van der Waals surface area contributed by atoms with Gasteiger partial charge in [0, 0.05) is 11.4 Å². The Kier molecular flexibility index (Phi) is 11.3. The molecule has 0 aliphatic rings. The van der Waals surface area contributed by atoms with Gasteiger partial charge in [0.2, 0.25) is 0 Å². The smallest absolute Gasteiger partial charge is 0.262 e. The fraction of sp³-hybridized carbons (Fsp3) is 0.114. The zero-order chi connectivity index (χ0) is 31.1. The summed E-state index contributed by atoms with van der Waals surface area (Å²) in [5.41, 5.74) is 2.78. The fourth-order valence-electron chi connectivity index (χ4n) is 3.95. The third-order valence-electron chi connectivity index (χ3n) is 6.09. The summed E-state index contributed by atoms with van der Waals surface area (Å²) in [6, 6.07) is 28.5. The Morgan fingerprint density at radius 2 is 0.977 bits per heavy atom. The van der Waals surface area contributed by atoms with Crippen molar-refractivity contribution in [1.29, 1.82) is 0 Å². The van der Waals surface area contributed by atoms with Crippen LogP contribution < -0.4 is 29.6 Å². The van der Waals surface area contributed by atoms with Crippen molar-refractivity contribution in [3.05, 3.63) is 120 Å². The van der Waals surface area contributed by atoms with E-state index in [9.17, 15) is 14.4 Å². The highest BCUT2D eigenvalue weighted by molar-refractivity contribution is 6.04. The van der Waals surface area contributed by atoms with E-state index in [2.05, 4.69) is 10.6 Å². The van der Waals surface area contributed by atoms with E-state index in [4.69, 9.17) is 18.9 Å². The molecule has 0 spiro atoms. The van der Waals surface area contributed by atoms with Crippen LogP contribution in [0.5, 0.6) is 23.0 Å². The van der Waals surface area contributed by atoms with Gasteiger partial charge in [-0.3, -0.25) is 14.4 Å². The molecule has 2 amide bonds. The number of methoxy groups -OCH3 is 2. The molecular formula is C35H32N2O7. The predicted octanol–water partition coefficient (Wildman–Crippen LogP) is 6.03. The third kappa shape index (κ3) is 9.63. The second-order valence-electron chi connectivity index (χ2n) is 9.30. The number of hydrogen-bond donors (Lipinski definition) is 2. The lowest BCUT2D eigenvalue weighted by molar-refractivity contribution is -0.118. The summed E-state index contributed by atoms with van der Waals surface area (Å²) < 4.78 is 22.1. The number of amides is 2. The number of anilines is 2. The van der Waals surface area contributed by atoms with E-state index in [1.54, 1.807) is 72.8 Å². The van der Waals surface area contributed by atoms with Crippen molar-refractivity contribution >= 4 is 41.1 Å². The normalized spacial score (nSPS) is 10.8. The maximum atomic E-state index is 12.5. The highest BCUT2D eigenvalue weighted by atomic mass is 16.5. The lowest BCUT2D eigenvalue weighted by atomic mass is 10.1. The van der Waals surface area contributed by atoms with Crippen LogP contribution in [-0.4, -0.2) is 45.0 Å². The molecule has 0 heterocycles. The van der Waals surface area contributed by atoms with Crippen molar-refractivity contribution < 1.29 is 33.3 Å². The van der Waals surface area contributed by atoms with E-state index in [1.807, 2.05) is 36.4 Å². The molecule has 4 aromatic carbocycles.